The zero-order valence-electron chi connectivity index (χ0n) is 19.1. The average molecular weight is 520 g/mol. The minimum Gasteiger partial charge on any atom is -0.466 e. The van der Waals surface area contributed by atoms with Gasteiger partial charge in [0.1, 0.15) is 11.5 Å². The number of oxazole rings is 1. The fourth-order valence-electron chi connectivity index (χ4n) is 3.99. The third-order valence-corrected chi connectivity index (χ3v) is 6.66. The zero-order chi connectivity index (χ0) is 23.8. The molecule has 3 unspecified atom stereocenters. The highest BCUT2D eigenvalue weighted by Crippen LogP contribution is 2.30. The molecule has 33 heavy (non-hydrogen) atoms. The van der Waals surface area contributed by atoms with Gasteiger partial charge in [-0.2, -0.15) is 0 Å². The van der Waals surface area contributed by atoms with Crippen LogP contribution >= 0.6 is 15.9 Å². The van der Waals surface area contributed by atoms with Crippen LogP contribution in [0, 0.1) is 11.8 Å². The molecular formula is C25H30BrNO6. The number of ketones is 1. The van der Waals surface area contributed by atoms with Crippen LogP contribution in [0.2, 0.25) is 0 Å². The van der Waals surface area contributed by atoms with Gasteiger partial charge in [0.05, 0.1) is 35.6 Å². The summed E-state index contributed by atoms with van der Waals surface area (Å²) in [5, 5.41) is 0. The van der Waals surface area contributed by atoms with Gasteiger partial charge in [0.2, 0.25) is 5.89 Å². The number of fused-ring (bicyclic) bond motifs is 1. The van der Waals surface area contributed by atoms with Crippen molar-refractivity contribution in [3.63, 3.8) is 0 Å². The first-order valence-electron chi connectivity index (χ1n) is 11.5. The first-order valence-corrected chi connectivity index (χ1v) is 12.4. The summed E-state index contributed by atoms with van der Waals surface area (Å²) in [5.41, 5.74) is 1.94. The van der Waals surface area contributed by atoms with Gasteiger partial charge in [-0.1, -0.05) is 34.1 Å². The van der Waals surface area contributed by atoms with E-state index in [9.17, 15) is 14.4 Å². The van der Waals surface area contributed by atoms with Gasteiger partial charge in [0.25, 0.3) is 0 Å². The molecule has 178 valence electrons. The SMILES string of the molecule is CCOC(=O)C1CCC(=O)C(Br)C1.CCOC(=O)C1CCc2nc(-c3ccccc3)oc2C1. The van der Waals surface area contributed by atoms with Crippen LogP contribution in [0.4, 0.5) is 0 Å². The molecule has 0 N–H and O–H groups in total. The molecule has 3 atom stereocenters. The highest BCUT2D eigenvalue weighted by Gasteiger charge is 2.32. The number of ether oxygens (including phenoxy) is 2. The van der Waals surface area contributed by atoms with E-state index < -0.39 is 0 Å². The van der Waals surface area contributed by atoms with Gasteiger partial charge in [-0.05, 0) is 51.7 Å². The predicted molar refractivity (Wildman–Crippen MR) is 126 cm³/mol. The van der Waals surface area contributed by atoms with E-state index in [1.54, 1.807) is 6.92 Å². The van der Waals surface area contributed by atoms with E-state index in [0.29, 0.717) is 44.8 Å². The van der Waals surface area contributed by atoms with Gasteiger partial charge >= 0.3 is 11.9 Å². The smallest absolute Gasteiger partial charge is 0.309 e. The Balaban J connectivity index is 0.000000205. The molecule has 0 bridgehead atoms. The second-order valence-electron chi connectivity index (χ2n) is 8.10. The third-order valence-electron chi connectivity index (χ3n) is 5.78. The summed E-state index contributed by atoms with van der Waals surface area (Å²) in [7, 11) is 0. The first kappa shape index (κ1) is 25.1. The maximum Gasteiger partial charge on any atom is 0.309 e. The average Bonchev–Trinajstić information content (AvgIpc) is 3.26. The lowest BCUT2D eigenvalue weighted by atomic mass is 9.88. The third kappa shape index (κ3) is 6.76. The zero-order valence-corrected chi connectivity index (χ0v) is 20.6. The number of alkyl halides is 1. The van der Waals surface area contributed by atoms with Gasteiger partial charge in [0, 0.05) is 18.4 Å². The fraction of sp³-hybridized carbons (Fsp3) is 0.520. The quantitative estimate of drug-likeness (QED) is 0.417. The van der Waals surface area contributed by atoms with Crippen molar-refractivity contribution in [3.05, 3.63) is 41.8 Å². The molecule has 1 saturated carbocycles. The van der Waals surface area contributed by atoms with E-state index in [2.05, 4.69) is 20.9 Å². The van der Waals surface area contributed by atoms with E-state index in [0.717, 1.165) is 29.9 Å². The molecule has 2 aromatic rings. The van der Waals surface area contributed by atoms with Crippen molar-refractivity contribution in [2.75, 3.05) is 13.2 Å². The number of esters is 2. The van der Waals surface area contributed by atoms with Crippen LogP contribution in [0.3, 0.4) is 0 Å². The maximum absolute atomic E-state index is 11.8. The van der Waals surface area contributed by atoms with Crippen molar-refractivity contribution in [3.8, 4) is 11.5 Å². The molecule has 0 spiro atoms. The molecule has 0 radical (unpaired) electrons. The van der Waals surface area contributed by atoms with Crippen molar-refractivity contribution in [2.45, 2.75) is 57.2 Å². The standard InChI is InChI=1S/C16H17NO3.C9H13BrO3/c1-2-19-16(18)12-8-9-13-14(10-12)20-15(17-13)11-6-4-3-5-7-11;1-2-13-9(12)6-3-4-8(11)7(10)5-6/h3-7,12H,2,8-10H2,1H3;6-7H,2-5H2,1H3. The Morgan fingerprint density at radius 3 is 2.30 bits per heavy atom. The first-order chi connectivity index (χ1) is 15.9. The van der Waals surface area contributed by atoms with Crippen molar-refractivity contribution in [1.29, 1.82) is 0 Å². The lowest BCUT2D eigenvalue weighted by Gasteiger charge is -2.22. The summed E-state index contributed by atoms with van der Waals surface area (Å²) in [5.74, 6) is 1.17. The van der Waals surface area contributed by atoms with Crippen LogP contribution in [0.1, 0.15) is 51.0 Å². The number of carbonyl (C=O) groups is 3. The summed E-state index contributed by atoms with van der Waals surface area (Å²) in [6.07, 6.45) is 3.85. The van der Waals surface area contributed by atoms with Crippen LogP contribution in [0.5, 0.6) is 0 Å². The monoisotopic (exact) mass is 519 g/mol. The number of hydrogen-bond donors (Lipinski definition) is 0. The van der Waals surface area contributed by atoms with Crippen molar-refractivity contribution in [1.82, 2.24) is 4.98 Å². The van der Waals surface area contributed by atoms with E-state index in [-0.39, 0.29) is 34.4 Å². The number of Topliss-reactive ketones (excluding diaryl/α,β-unsaturated/α-hetero) is 1. The van der Waals surface area contributed by atoms with E-state index in [1.165, 1.54) is 0 Å². The minimum absolute atomic E-state index is 0.0953. The predicted octanol–water partition coefficient (Wildman–Crippen LogP) is 4.69. The summed E-state index contributed by atoms with van der Waals surface area (Å²) >= 11 is 3.26. The van der Waals surface area contributed by atoms with Crippen LogP contribution in [0.15, 0.2) is 34.7 Å². The molecule has 1 aromatic heterocycles. The van der Waals surface area contributed by atoms with Crippen molar-refractivity contribution in [2.24, 2.45) is 11.8 Å². The Kier molecular flexibility index (Phi) is 9.23. The lowest BCUT2D eigenvalue weighted by Crippen LogP contribution is -2.30. The largest absolute Gasteiger partial charge is 0.466 e. The second kappa shape index (κ2) is 12.1. The normalized spacial score (nSPS) is 21.9. The lowest BCUT2D eigenvalue weighted by molar-refractivity contribution is -0.150. The topological polar surface area (TPSA) is 95.7 Å². The molecule has 7 nitrogen and oxygen atoms in total. The van der Waals surface area contributed by atoms with Crippen LogP contribution in [-0.2, 0) is 36.7 Å². The molecule has 1 heterocycles. The molecule has 1 aromatic carbocycles. The number of hydrogen-bond acceptors (Lipinski definition) is 7. The van der Waals surface area contributed by atoms with Gasteiger partial charge in [-0.25, -0.2) is 4.98 Å². The number of aromatic nitrogens is 1. The minimum atomic E-state index is -0.167. The van der Waals surface area contributed by atoms with Crippen LogP contribution in [-0.4, -0.2) is 40.7 Å². The summed E-state index contributed by atoms with van der Waals surface area (Å²) in [6.45, 7) is 4.45. The van der Waals surface area contributed by atoms with Gasteiger partial charge < -0.3 is 13.9 Å². The van der Waals surface area contributed by atoms with E-state index in [4.69, 9.17) is 13.9 Å². The molecule has 2 aliphatic rings. The molecule has 0 amide bonds. The Morgan fingerprint density at radius 2 is 1.67 bits per heavy atom. The Bertz CT molecular complexity index is 957. The molecule has 2 aliphatic carbocycles. The highest BCUT2D eigenvalue weighted by atomic mass is 79.9. The van der Waals surface area contributed by atoms with Crippen molar-refractivity contribution < 1.29 is 28.3 Å². The van der Waals surface area contributed by atoms with Crippen LogP contribution in [0.25, 0.3) is 11.5 Å². The van der Waals surface area contributed by atoms with Crippen molar-refractivity contribution >= 4 is 33.7 Å². The number of carbonyl (C=O) groups excluding carboxylic acids is 3. The number of rotatable bonds is 5. The Labute approximate surface area is 202 Å². The number of aryl methyl sites for hydroxylation is 1. The number of nitrogens with zero attached hydrogens (tertiary/aromatic N) is 1. The molecule has 4 rings (SSSR count). The maximum atomic E-state index is 11.8. The number of benzene rings is 1. The molecule has 8 heteroatoms. The highest BCUT2D eigenvalue weighted by molar-refractivity contribution is 9.10. The number of halogens is 1. The molecule has 1 fully saturated rings. The van der Waals surface area contributed by atoms with Gasteiger partial charge in [-0.15, -0.1) is 0 Å². The van der Waals surface area contributed by atoms with E-state index >= 15 is 0 Å². The van der Waals surface area contributed by atoms with Gasteiger partial charge in [0.15, 0.2) is 0 Å². The Morgan fingerprint density at radius 1 is 1.03 bits per heavy atom. The Hall–Kier alpha value is -2.48. The summed E-state index contributed by atoms with van der Waals surface area (Å²) in [6, 6.07) is 9.82. The molecular weight excluding hydrogens is 490 g/mol. The fourth-order valence-corrected chi connectivity index (χ4v) is 4.67. The second-order valence-corrected chi connectivity index (χ2v) is 9.21. The summed E-state index contributed by atoms with van der Waals surface area (Å²) < 4.78 is 15.8. The summed E-state index contributed by atoms with van der Waals surface area (Å²) in [4.78, 5) is 38.6. The van der Waals surface area contributed by atoms with E-state index in [1.807, 2.05) is 37.3 Å². The van der Waals surface area contributed by atoms with Gasteiger partial charge in [-0.3, -0.25) is 14.4 Å². The molecule has 0 aliphatic heterocycles. The molecule has 0 saturated heterocycles. The van der Waals surface area contributed by atoms with Crippen LogP contribution < -0.4 is 0 Å².